The number of ether oxygens (including phenoxy) is 1. The summed E-state index contributed by atoms with van der Waals surface area (Å²) >= 11 is 5.96. The molecule has 0 bridgehead atoms. The van der Waals surface area contributed by atoms with E-state index in [0.717, 1.165) is 11.1 Å². The number of methoxy groups -OCH3 is 1. The van der Waals surface area contributed by atoms with Crippen LogP contribution >= 0.6 is 11.6 Å². The average molecular weight is 430 g/mol. The second-order valence-corrected chi connectivity index (χ2v) is 8.76. The first kappa shape index (κ1) is 20.9. The van der Waals surface area contributed by atoms with Gasteiger partial charge in [-0.25, -0.2) is 13.2 Å². The van der Waals surface area contributed by atoms with E-state index in [2.05, 4.69) is 0 Å². The summed E-state index contributed by atoms with van der Waals surface area (Å²) in [5, 5.41) is 0.552. The van der Waals surface area contributed by atoms with Crippen LogP contribution in [0.25, 0.3) is 0 Å². The quantitative estimate of drug-likeness (QED) is 0.526. The largest absolute Gasteiger partial charge is 0.465 e. The van der Waals surface area contributed by atoms with Gasteiger partial charge in [0, 0.05) is 5.02 Å². The molecule has 0 N–H and O–H groups in total. The van der Waals surface area contributed by atoms with Gasteiger partial charge in [0.05, 0.1) is 29.8 Å². The lowest BCUT2D eigenvalue weighted by molar-refractivity contribution is 0.0601. The number of esters is 1. The SMILES string of the molecule is COC(=O)c1ccccc1N(Cc1ccc(Cl)cc1)S(=O)(=O)c1ccc(C)cc1. The highest BCUT2D eigenvalue weighted by molar-refractivity contribution is 7.92. The molecule has 0 spiro atoms. The number of nitrogens with zero attached hydrogens (tertiary/aromatic N) is 1. The molecule has 0 atom stereocenters. The third kappa shape index (κ3) is 4.60. The Balaban J connectivity index is 2.16. The maximum atomic E-state index is 13.5. The summed E-state index contributed by atoms with van der Waals surface area (Å²) in [7, 11) is -2.69. The third-order valence-corrected chi connectivity index (χ3v) is 6.45. The van der Waals surface area contributed by atoms with Crippen molar-refractivity contribution in [3.8, 4) is 0 Å². The minimum Gasteiger partial charge on any atom is -0.465 e. The fourth-order valence-corrected chi connectivity index (χ4v) is 4.46. The van der Waals surface area contributed by atoms with E-state index in [9.17, 15) is 13.2 Å². The Kier molecular flexibility index (Phi) is 6.25. The van der Waals surface area contributed by atoms with E-state index in [1.165, 1.54) is 11.4 Å². The molecule has 150 valence electrons. The summed E-state index contributed by atoms with van der Waals surface area (Å²) in [4.78, 5) is 12.4. The maximum absolute atomic E-state index is 13.5. The molecule has 3 aromatic carbocycles. The van der Waals surface area contributed by atoms with Crippen molar-refractivity contribution in [2.75, 3.05) is 11.4 Å². The van der Waals surface area contributed by atoms with E-state index < -0.39 is 16.0 Å². The Morgan fingerprint density at radius 1 is 0.966 bits per heavy atom. The van der Waals surface area contributed by atoms with Crippen molar-refractivity contribution in [2.24, 2.45) is 0 Å². The Morgan fingerprint density at radius 3 is 2.21 bits per heavy atom. The van der Waals surface area contributed by atoms with Crippen LogP contribution in [0.15, 0.2) is 77.7 Å². The molecule has 0 radical (unpaired) electrons. The molecule has 0 amide bonds. The molecule has 0 fully saturated rings. The van der Waals surface area contributed by atoms with Crippen LogP contribution in [-0.4, -0.2) is 21.5 Å². The molecular weight excluding hydrogens is 410 g/mol. The fourth-order valence-electron chi connectivity index (χ4n) is 2.87. The monoisotopic (exact) mass is 429 g/mol. The molecule has 0 aliphatic rings. The molecule has 3 rings (SSSR count). The molecule has 0 aromatic heterocycles. The molecular formula is C22H20ClNO4S. The summed E-state index contributed by atoms with van der Waals surface area (Å²) in [5.41, 5.74) is 2.09. The zero-order valence-corrected chi connectivity index (χ0v) is 17.6. The highest BCUT2D eigenvalue weighted by Crippen LogP contribution is 2.30. The minimum absolute atomic E-state index is 0.0292. The lowest BCUT2D eigenvalue weighted by Gasteiger charge is -2.26. The smallest absolute Gasteiger partial charge is 0.340 e. The van der Waals surface area contributed by atoms with Crippen LogP contribution in [0.4, 0.5) is 5.69 Å². The molecule has 0 saturated heterocycles. The fraction of sp³-hybridized carbons (Fsp3) is 0.136. The normalized spacial score (nSPS) is 11.1. The van der Waals surface area contributed by atoms with E-state index in [0.29, 0.717) is 5.02 Å². The van der Waals surface area contributed by atoms with Crippen LogP contribution < -0.4 is 4.31 Å². The van der Waals surface area contributed by atoms with E-state index in [4.69, 9.17) is 16.3 Å². The standard InChI is InChI=1S/C22H20ClNO4S/c1-16-7-13-19(14-8-16)29(26,27)24(15-17-9-11-18(23)12-10-17)21-6-4-3-5-20(21)22(25)28-2/h3-14H,15H2,1-2H3. The molecule has 0 aliphatic carbocycles. The van der Waals surface area contributed by atoms with Gasteiger partial charge in [-0.3, -0.25) is 4.31 Å². The molecule has 0 saturated carbocycles. The van der Waals surface area contributed by atoms with Crippen molar-refractivity contribution in [1.29, 1.82) is 0 Å². The van der Waals surface area contributed by atoms with Crippen molar-refractivity contribution in [2.45, 2.75) is 18.4 Å². The molecule has 5 nitrogen and oxygen atoms in total. The number of sulfonamides is 1. The Bertz CT molecular complexity index is 1110. The molecule has 0 unspecified atom stereocenters. The Labute approximate surface area is 175 Å². The van der Waals surface area contributed by atoms with Crippen LogP contribution in [0.3, 0.4) is 0 Å². The summed E-state index contributed by atoms with van der Waals surface area (Å²) < 4.78 is 33.1. The van der Waals surface area contributed by atoms with Crippen LogP contribution in [0.2, 0.25) is 5.02 Å². The van der Waals surface area contributed by atoms with E-state index in [1.807, 2.05) is 6.92 Å². The first-order valence-electron chi connectivity index (χ1n) is 8.84. The summed E-state index contributed by atoms with van der Waals surface area (Å²) in [6, 6.07) is 19.9. The number of para-hydroxylation sites is 1. The predicted molar refractivity (Wildman–Crippen MR) is 114 cm³/mol. The van der Waals surface area contributed by atoms with E-state index in [-0.39, 0.29) is 22.7 Å². The van der Waals surface area contributed by atoms with Gasteiger partial charge in [-0.1, -0.05) is 53.6 Å². The van der Waals surface area contributed by atoms with Crippen molar-refractivity contribution in [1.82, 2.24) is 0 Å². The number of anilines is 1. The number of hydrogen-bond acceptors (Lipinski definition) is 4. The highest BCUT2D eigenvalue weighted by atomic mass is 35.5. The lowest BCUT2D eigenvalue weighted by atomic mass is 10.1. The van der Waals surface area contributed by atoms with E-state index in [1.54, 1.807) is 72.8 Å². The Hall–Kier alpha value is -2.83. The predicted octanol–water partition coefficient (Wildman–Crippen LogP) is 4.83. The zero-order valence-electron chi connectivity index (χ0n) is 16.0. The summed E-state index contributed by atoms with van der Waals surface area (Å²) in [5.74, 6) is -0.610. The van der Waals surface area contributed by atoms with Gasteiger partial charge in [0.25, 0.3) is 10.0 Å². The average Bonchev–Trinajstić information content (AvgIpc) is 2.73. The van der Waals surface area contributed by atoms with Crippen molar-refractivity contribution in [3.63, 3.8) is 0 Å². The van der Waals surface area contributed by atoms with Crippen LogP contribution in [0.5, 0.6) is 0 Å². The first-order chi connectivity index (χ1) is 13.8. The number of carbonyl (C=O) groups excluding carboxylic acids is 1. The van der Waals surface area contributed by atoms with Gasteiger partial charge in [0.1, 0.15) is 0 Å². The maximum Gasteiger partial charge on any atom is 0.340 e. The number of carbonyl (C=O) groups is 1. The van der Waals surface area contributed by atoms with Gasteiger partial charge in [0.15, 0.2) is 0 Å². The second kappa shape index (κ2) is 8.68. The van der Waals surface area contributed by atoms with E-state index >= 15 is 0 Å². The molecule has 3 aromatic rings. The number of aryl methyl sites for hydroxylation is 1. The number of rotatable bonds is 6. The molecule has 0 aliphatic heterocycles. The zero-order chi connectivity index (χ0) is 21.0. The molecule has 0 heterocycles. The number of hydrogen-bond donors (Lipinski definition) is 0. The van der Waals surface area contributed by atoms with Gasteiger partial charge < -0.3 is 4.74 Å². The second-order valence-electron chi connectivity index (χ2n) is 6.46. The first-order valence-corrected chi connectivity index (χ1v) is 10.7. The summed E-state index contributed by atoms with van der Waals surface area (Å²) in [6.45, 7) is 1.91. The van der Waals surface area contributed by atoms with Gasteiger partial charge in [-0.05, 0) is 48.9 Å². The van der Waals surface area contributed by atoms with Crippen LogP contribution in [0, 0.1) is 6.92 Å². The molecule has 29 heavy (non-hydrogen) atoms. The van der Waals surface area contributed by atoms with Gasteiger partial charge in [0.2, 0.25) is 0 Å². The third-order valence-electron chi connectivity index (χ3n) is 4.43. The molecule has 7 heteroatoms. The summed E-state index contributed by atoms with van der Waals surface area (Å²) in [6.07, 6.45) is 0. The topological polar surface area (TPSA) is 63.7 Å². The number of halogens is 1. The van der Waals surface area contributed by atoms with Gasteiger partial charge in [-0.2, -0.15) is 0 Å². The lowest BCUT2D eigenvalue weighted by Crippen LogP contribution is -2.32. The van der Waals surface area contributed by atoms with Crippen molar-refractivity contribution >= 4 is 33.3 Å². The van der Waals surface area contributed by atoms with Crippen LogP contribution in [-0.2, 0) is 21.3 Å². The van der Waals surface area contributed by atoms with Gasteiger partial charge >= 0.3 is 5.97 Å². The minimum atomic E-state index is -3.95. The highest BCUT2D eigenvalue weighted by Gasteiger charge is 2.28. The number of benzene rings is 3. The Morgan fingerprint density at radius 2 is 1.59 bits per heavy atom. The van der Waals surface area contributed by atoms with Gasteiger partial charge in [-0.15, -0.1) is 0 Å². The van der Waals surface area contributed by atoms with Crippen molar-refractivity contribution in [3.05, 3.63) is 94.5 Å². The van der Waals surface area contributed by atoms with Crippen molar-refractivity contribution < 1.29 is 17.9 Å². The van der Waals surface area contributed by atoms with Crippen LogP contribution in [0.1, 0.15) is 21.5 Å².